The van der Waals surface area contributed by atoms with Gasteiger partial charge in [-0.05, 0) is 36.0 Å². The summed E-state index contributed by atoms with van der Waals surface area (Å²) >= 11 is 0. The van der Waals surface area contributed by atoms with Crippen molar-refractivity contribution in [3.8, 4) is 5.75 Å². The molecule has 2 nitrogen and oxygen atoms in total. The molecule has 1 aromatic carbocycles. The number of rotatable bonds is 0. The van der Waals surface area contributed by atoms with Crippen molar-refractivity contribution in [1.82, 2.24) is 0 Å². The zero-order chi connectivity index (χ0) is 10.3. The number of phenolic OH excluding ortho intramolecular Hbond substituents is 1. The molecule has 1 aliphatic heterocycles. The van der Waals surface area contributed by atoms with Crippen molar-refractivity contribution in [3.63, 3.8) is 0 Å². The van der Waals surface area contributed by atoms with Gasteiger partial charge in [0.2, 0.25) is 0 Å². The van der Waals surface area contributed by atoms with Crippen molar-refractivity contribution in [2.24, 2.45) is 5.92 Å². The minimum Gasteiger partial charge on any atom is -0.508 e. The molecule has 0 saturated heterocycles. The number of ether oxygens (including phenoxy) is 1. The van der Waals surface area contributed by atoms with Gasteiger partial charge in [-0.2, -0.15) is 0 Å². The third-order valence-corrected chi connectivity index (χ3v) is 3.44. The maximum Gasteiger partial charge on any atom is 0.119 e. The summed E-state index contributed by atoms with van der Waals surface area (Å²) in [6.07, 6.45) is 4.91. The zero-order valence-electron chi connectivity index (χ0n) is 8.57. The van der Waals surface area contributed by atoms with Crippen LogP contribution in [0, 0.1) is 5.92 Å². The standard InChI is InChI=1S/C13H14O2/c14-13-3-1-2-10-6-9-4-5-15-8-11(9)7-12(10)13/h1-3,8-9,14H,4-7H2. The lowest BCUT2D eigenvalue weighted by atomic mass is 9.78. The molecule has 1 atom stereocenters. The molecule has 0 fully saturated rings. The van der Waals surface area contributed by atoms with Gasteiger partial charge in [-0.1, -0.05) is 12.1 Å². The molecule has 78 valence electrons. The van der Waals surface area contributed by atoms with Gasteiger partial charge in [0.15, 0.2) is 0 Å². The Kier molecular flexibility index (Phi) is 1.94. The second-order valence-electron chi connectivity index (χ2n) is 4.34. The summed E-state index contributed by atoms with van der Waals surface area (Å²) in [6, 6.07) is 5.83. The fourth-order valence-corrected chi connectivity index (χ4v) is 2.56. The van der Waals surface area contributed by atoms with E-state index < -0.39 is 0 Å². The number of hydrogen-bond acceptors (Lipinski definition) is 2. The summed E-state index contributed by atoms with van der Waals surface area (Å²) in [5.41, 5.74) is 3.74. The van der Waals surface area contributed by atoms with Crippen LogP contribution in [0.15, 0.2) is 30.0 Å². The van der Waals surface area contributed by atoms with Crippen LogP contribution in [0.4, 0.5) is 0 Å². The molecule has 2 heteroatoms. The van der Waals surface area contributed by atoms with Gasteiger partial charge in [-0.15, -0.1) is 0 Å². The Morgan fingerprint density at radius 2 is 2.27 bits per heavy atom. The first-order valence-corrected chi connectivity index (χ1v) is 5.45. The van der Waals surface area contributed by atoms with Gasteiger partial charge in [0.25, 0.3) is 0 Å². The average Bonchev–Trinajstić information content (AvgIpc) is 2.27. The summed E-state index contributed by atoms with van der Waals surface area (Å²) in [5.74, 6) is 1.06. The molecule has 0 bridgehead atoms. The van der Waals surface area contributed by atoms with E-state index in [2.05, 4.69) is 6.07 Å². The molecule has 0 spiro atoms. The molecule has 15 heavy (non-hydrogen) atoms. The molecule has 1 N–H and O–H groups in total. The summed E-state index contributed by atoms with van der Waals surface area (Å²) in [7, 11) is 0. The zero-order valence-corrected chi connectivity index (χ0v) is 8.57. The van der Waals surface area contributed by atoms with E-state index in [-0.39, 0.29) is 0 Å². The summed E-state index contributed by atoms with van der Waals surface area (Å²) in [4.78, 5) is 0. The Hall–Kier alpha value is -1.44. The predicted octanol–water partition coefficient (Wildman–Crippen LogP) is 2.41. The van der Waals surface area contributed by atoms with Crippen molar-refractivity contribution >= 4 is 0 Å². The van der Waals surface area contributed by atoms with Crippen LogP contribution in [0.25, 0.3) is 0 Å². The Morgan fingerprint density at radius 1 is 1.33 bits per heavy atom. The van der Waals surface area contributed by atoms with Crippen LogP contribution < -0.4 is 0 Å². The highest BCUT2D eigenvalue weighted by Crippen LogP contribution is 2.37. The molecule has 1 aromatic rings. The number of aromatic hydroxyl groups is 1. The third-order valence-electron chi connectivity index (χ3n) is 3.44. The molecule has 0 saturated carbocycles. The van der Waals surface area contributed by atoms with Gasteiger partial charge >= 0.3 is 0 Å². The van der Waals surface area contributed by atoms with E-state index in [9.17, 15) is 5.11 Å². The maximum atomic E-state index is 9.78. The van der Waals surface area contributed by atoms with Gasteiger partial charge in [0, 0.05) is 12.0 Å². The van der Waals surface area contributed by atoms with Crippen molar-refractivity contribution in [3.05, 3.63) is 41.2 Å². The first-order chi connectivity index (χ1) is 7.34. The summed E-state index contributed by atoms with van der Waals surface area (Å²) in [5, 5.41) is 9.78. The number of allylic oxidation sites excluding steroid dienone is 1. The fourth-order valence-electron chi connectivity index (χ4n) is 2.56. The van der Waals surface area contributed by atoms with E-state index >= 15 is 0 Å². The normalized spacial score (nSPS) is 23.5. The highest BCUT2D eigenvalue weighted by atomic mass is 16.5. The highest BCUT2D eigenvalue weighted by Gasteiger charge is 2.26. The van der Waals surface area contributed by atoms with Crippen molar-refractivity contribution in [1.29, 1.82) is 0 Å². The minimum atomic E-state index is 0.428. The van der Waals surface area contributed by atoms with Gasteiger partial charge in [-0.25, -0.2) is 0 Å². The van der Waals surface area contributed by atoms with Gasteiger partial charge in [-0.3, -0.25) is 0 Å². The van der Waals surface area contributed by atoms with Crippen LogP contribution in [-0.4, -0.2) is 11.7 Å². The Morgan fingerprint density at radius 3 is 3.20 bits per heavy atom. The molecule has 0 amide bonds. The second-order valence-corrected chi connectivity index (χ2v) is 4.34. The maximum absolute atomic E-state index is 9.78. The number of hydrogen-bond donors (Lipinski definition) is 1. The first kappa shape index (κ1) is 8.84. The van der Waals surface area contributed by atoms with Crippen LogP contribution in [0.5, 0.6) is 5.75 Å². The van der Waals surface area contributed by atoms with Crippen LogP contribution in [0.3, 0.4) is 0 Å². The second kappa shape index (κ2) is 3.30. The SMILES string of the molecule is Oc1cccc2c1CC1=COCCC1C2. The van der Waals surface area contributed by atoms with E-state index in [1.54, 1.807) is 6.07 Å². The number of phenols is 1. The molecular formula is C13H14O2. The molecule has 1 aliphatic carbocycles. The van der Waals surface area contributed by atoms with Crippen LogP contribution in [0.1, 0.15) is 17.5 Å². The van der Waals surface area contributed by atoms with Crippen LogP contribution in [-0.2, 0) is 17.6 Å². The number of benzene rings is 1. The van der Waals surface area contributed by atoms with Crippen molar-refractivity contribution in [2.45, 2.75) is 19.3 Å². The largest absolute Gasteiger partial charge is 0.508 e. The Balaban J connectivity index is 2.04. The lowest BCUT2D eigenvalue weighted by Crippen LogP contribution is -2.22. The quantitative estimate of drug-likeness (QED) is 0.700. The summed E-state index contributed by atoms with van der Waals surface area (Å²) < 4.78 is 5.35. The lowest BCUT2D eigenvalue weighted by Gasteiger charge is -2.30. The third kappa shape index (κ3) is 1.41. The Bertz CT molecular complexity index is 421. The van der Waals surface area contributed by atoms with Gasteiger partial charge in [0.05, 0.1) is 12.9 Å². The summed E-state index contributed by atoms with van der Waals surface area (Å²) in [6.45, 7) is 0.836. The molecule has 2 aliphatic rings. The Labute approximate surface area is 89.2 Å². The van der Waals surface area contributed by atoms with Gasteiger partial charge < -0.3 is 9.84 Å². The van der Waals surface area contributed by atoms with Crippen LogP contribution in [0.2, 0.25) is 0 Å². The van der Waals surface area contributed by atoms with E-state index in [0.29, 0.717) is 11.7 Å². The smallest absolute Gasteiger partial charge is 0.119 e. The predicted molar refractivity (Wildman–Crippen MR) is 57.7 cm³/mol. The fraction of sp³-hybridized carbons (Fsp3) is 0.385. The molecule has 0 radical (unpaired) electrons. The molecule has 1 heterocycles. The number of fused-ring (bicyclic) bond motifs is 2. The lowest BCUT2D eigenvalue weighted by molar-refractivity contribution is 0.195. The van der Waals surface area contributed by atoms with E-state index in [1.807, 2.05) is 12.3 Å². The monoisotopic (exact) mass is 202 g/mol. The van der Waals surface area contributed by atoms with Crippen LogP contribution >= 0.6 is 0 Å². The average molecular weight is 202 g/mol. The van der Waals surface area contributed by atoms with Gasteiger partial charge in [0.1, 0.15) is 5.75 Å². The van der Waals surface area contributed by atoms with E-state index in [4.69, 9.17) is 4.74 Å². The molecule has 3 rings (SSSR count). The topological polar surface area (TPSA) is 29.5 Å². The highest BCUT2D eigenvalue weighted by molar-refractivity contribution is 5.45. The van der Waals surface area contributed by atoms with Crippen molar-refractivity contribution < 1.29 is 9.84 Å². The minimum absolute atomic E-state index is 0.428. The van der Waals surface area contributed by atoms with Crippen molar-refractivity contribution in [2.75, 3.05) is 6.61 Å². The molecular weight excluding hydrogens is 188 g/mol. The van der Waals surface area contributed by atoms with E-state index in [1.165, 1.54) is 11.1 Å². The first-order valence-electron chi connectivity index (χ1n) is 5.45. The molecule has 0 aromatic heterocycles. The van der Waals surface area contributed by atoms with E-state index in [0.717, 1.165) is 31.4 Å². The molecule has 1 unspecified atom stereocenters.